The molecule has 1 amide bonds. The van der Waals surface area contributed by atoms with Crippen molar-refractivity contribution < 1.29 is 19.2 Å². The van der Waals surface area contributed by atoms with Gasteiger partial charge in [-0.1, -0.05) is 41.4 Å². The van der Waals surface area contributed by atoms with Gasteiger partial charge in [-0.3, -0.25) is 4.79 Å². The molecular formula is C19H24N2O4. The number of nitrogens with one attached hydrogen (secondary N) is 1. The maximum atomic E-state index is 12.4. The van der Waals surface area contributed by atoms with Crippen LogP contribution in [-0.2, 0) is 9.59 Å². The van der Waals surface area contributed by atoms with E-state index in [4.69, 9.17) is 4.52 Å². The molecule has 2 rings (SSSR count). The lowest BCUT2D eigenvalue weighted by atomic mass is 9.95. The molecule has 1 aromatic carbocycles. The quantitative estimate of drug-likeness (QED) is 0.838. The maximum Gasteiger partial charge on any atom is 0.330 e. The van der Waals surface area contributed by atoms with Crippen LogP contribution in [0.15, 0.2) is 22.7 Å². The summed E-state index contributed by atoms with van der Waals surface area (Å²) in [6.45, 7) is 9.33. The zero-order valence-corrected chi connectivity index (χ0v) is 15.2. The van der Waals surface area contributed by atoms with Crippen LogP contribution in [0.1, 0.15) is 59.0 Å². The second-order valence-corrected chi connectivity index (χ2v) is 6.60. The number of carbonyl (C=O) groups is 2. The first-order valence-corrected chi connectivity index (χ1v) is 8.22. The van der Waals surface area contributed by atoms with E-state index in [1.54, 1.807) is 19.1 Å². The Morgan fingerprint density at radius 3 is 2.24 bits per heavy atom. The minimum atomic E-state index is -1.08. The normalized spacial score (nSPS) is 13.3. The number of nitrogens with zero attached hydrogens (tertiary/aromatic N) is 1. The molecule has 2 atom stereocenters. The molecule has 0 radical (unpaired) electrons. The van der Waals surface area contributed by atoms with Crippen LogP contribution in [0.25, 0.3) is 0 Å². The highest BCUT2D eigenvalue weighted by Gasteiger charge is 2.25. The van der Waals surface area contributed by atoms with Crippen molar-refractivity contribution in [2.75, 3.05) is 0 Å². The van der Waals surface area contributed by atoms with Crippen LogP contribution in [0, 0.1) is 27.7 Å². The van der Waals surface area contributed by atoms with Gasteiger partial charge in [0.2, 0.25) is 5.91 Å². The van der Waals surface area contributed by atoms with Gasteiger partial charge in [0.15, 0.2) is 6.04 Å². The number of carboxylic acids is 1. The largest absolute Gasteiger partial charge is 0.479 e. The Labute approximate surface area is 147 Å². The van der Waals surface area contributed by atoms with Crippen LogP contribution in [0.5, 0.6) is 0 Å². The van der Waals surface area contributed by atoms with Gasteiger partial charge in [0, 0.05) is 12.0 Å². The number of amides is 1. The molecule has 134 valence electrons. The van der Waals surface area contributed by atoms with E-state index in [-0.39, 0.29) is 18.2 Å². The van der Waals surface area contributed by atoms with Crippen LogP contribution < -0.4 is 5.32 Å². The molecule has 0 fully saturated rings. The number of aromatic nitrogens is 1. The first-order valence-electron chi connectivity index (χ1n) is 8.22. The van der Waals surface area contributed by atoms with Crippen molar-refractivity contribution in [3.63, 3.8) is 0 Å². The zero-order chi connectivity index (χ0) is 18.7. The van der Waals surface area contributed by atoms with E-state index in [2.05, 4.69) is 10.5 Å². The molecule has 6 heteroatoms. The molecule has 2 unspecified atom stereocenters. The SMILES string of the molecule is Cc1cc(C)cc(C(NC(=O)CC(C)c2c(C)noc2C)C(=O)O)c1. The minimum absolute atomic E-state index is 0.111. The molecule has 0 bridgehead atoms. The van der Waals surface area contributed by atoms with E-state index in [1.807, 2.05) is 33.8 Å². The maximum absolute atomic E-state index is 12.4. The number of aliphatic carboxylic acids is 1. The Bertz CT molecular complexity index is 755. The van der Waals surface area contributed by atoms with E-state index >= 15 is 0 Å². The lowest BCUT2D eigenvalue weighted by molar-refractivity contribution is -0.142. The third-order valence-corrected chi connectivity index (χ3v) is 4.20. The Hall–Kier alpha value is -2.63. The van der Waals surface area contributed by atoms with Crippen LogP contribution >= 0.6 is 0 Å². The van der Waals surface area contributed by atoms with Gasteiger partial charge in [-0.25, -0.2) is 4.79 Å². The van der Waals surface area contributed by atoms with Crippen molar-refractivity contribution in [3.8, 4) is 0 Å². The van der Waals surface area contributed by atoms with E-state index < -0.39 is 12.0 Å². The molecule has 6 nitrogen and oxygen atoms in total. The summed E-state index contributed by atoms with van der Waals surface area (Å²) in [5.41, 5.74) is 4.14. The fourth-order valence-electron chi connectivity index (χ4n) is 3.26. The van der Waals surface area contributed by atoms with Crippen molar-refractivity contribution in [2.45, 2.75) is 53.0 Å². The van der Waals surface area contributed by atoms with Crippen LogP contribution in [0.3, 0.4) is 0 Å². The number of hydrogen-bond donors (Lipinski definition) is 2. The molecule has 0 saturated carbocycles. The summed E-state index contributed by atoms with van der Waals surface area (Å²) >= 11 is 0. The second kappa shape index (κ2) is 7.51. The summed E-state index contributed by atoms with van der Waals surface area (Å²) in [6, 6.07) is 4.46. The van der Waals surface area contributed by atoms with Crippen molar-refractivity contribution >= 4 is 11.9 Å². The Morgan fingerprint density at radius 2 is 1.76 bits per heavy atom. The van der Waals surface area contributed by atoms with E-state index in [0.717, 1.165) is 22.4 Å². The number of benzene rings is 1. The van der Waals surface area contributed by atoms with Crippen molar-refractivity contribution in [2.24, 2.45) is 0 Å². The Kier molecular flexibility index (Phi) is 5.62. The monoisotopic (exact) mass is 344 g/mol. The molecule has 1 aromatic heterocycles. The molecule has 2 aromatic rings. The predicted molar refractivity (Wildman–Crippen MR) is 93.4 cm³/mol. The zero-order valence-electron chi connectivity index (χ0n) is 15.2. The first kappa shape index (κ1) is 18.7. The van der Waals surface area contributed by atoms with Gasteiger partial charge in [-0.2, -0.15) is 0 Å². The highest BCUT2D eigenvalue weighted by molar-refractivity contribution is 5.85. The van der Waals surface area contributed by atoms with Crippen LogP contribution in [0.4, 0.5) is 0 Å². The second-order valence-electron chi connectivity index (χ2n) is 6.60. The molecule has 25 heavy (non-hydrogen) atoms. The summed E-state index contributed by atoms with van der Waals surface area (Å²) in [6.07, 6.45) is 0.164. The highest BCUT2D eigenvalue weighted by atomic mass is 16.5. The average molecular weight is 344 g/mol. The molecular weight excluding hydrogens is 320 g/mol. The number of aryl methyl sites for hydroxylation is 4. The Morgan fingerprint density at radius 1 is 1.16 bits per heavy atom. The molecule has 0 aliphatic rings. The Balaban J connectivity index is 2.14. The summed E-state index contributed by atoms with van der Waals surface area (Å²) in [5.74, 6) is -0.829. The number of hydrogen-bond acceptors (Lipinski definition) is 4. The number of carbonyl (C=O) groups excluding carboxylic acids is 1. The van der Waals surface area contributed by atoms with Gasteiger partial charge in [0.1, 0.15) is 5.76 Å². The van der Waals surface area contributed by atoms with Gasteiger partial charge in [0.25, 0.3) is 0 Å². The van der Waals surface area contributed by atoms with E-state index in [0.29, 0.717) is 11.3 Å². The fraction of sp³-hybridized carbons (Fsp3) is 0.421. The topological polar surface area (TPSA) is 92.4 Å². The van der Waals surface area contributed by atoms with Gasteiger partial charge < -0.3 is 14.9 Å². The molecule has 0 spiro atoms. The standard InChI is InChI=1S/C19H24N2O4/c1-10-6-11(2)8-15(7-10)18(19(23)24)20-16(22)9-12(3)17-13(4)21-25-14(17)5/h6-8,12,18H,9H2,1-5H3,(H,20,22)(H,23,24). The van der Waals surface area contributed by atoms with Gasteiger partial charge in [-0.15, -0.1) is 0 Å². The lowest BCUT2D eigenvalue weighted by Crippen LogP contribution is -2.34. The minimum Gasteiger partial charge on any atom is -0.479 e. The molecule has 0 aliphatic heterocycles. The summed E-state index contributed by atoms with van der Waals surface area (Å²) in [5, 5.41) is 16.1. The van der Waals surface area contributed by atoms with Crippen molar-refractivity contribution in [1.82, 2.24) is 10.5 Å². The van der Waals surface area contributed by atoms with Gasteiger partial charge in [-0.05, 0) is 39.2 Å². The lowest BCUT2D eigenvalue weighted by Gasteiger charge is -2.18. The molecule has 0 saturated heterocycles. The molecule has 0 aliphatic carbocycles. The van der Waals surface area contributed by atoms with Crippen molar-refractivity contribution in [3.05, 3.63) is 51.9 Å². The third-order valence-electron chi connectivity index (χ3n) is 4.20. The van der Waals surface area contributed by atoms with E-state index in [9.17, 15) is 14.7 Å². The summed E-state index contributed by atoms with van der Waals surface area (Å²) in [7, 11) is 0. The number of rotatable bonds is 6. The fourth-order valence-corrected chi connectivity index (χ4v) is 3.26. The van der Waals surface area contributed by atoms with E-state index in [1.165, 1.54) is 0 Å². The summed E-state index contributed by atoms with van der Waals surface area (Å²) in [4.78, 5) is 24.0. The molecule has 1 heterocycles. The highest BCUT2D eigenvalue weighted by Crippen LogP contribution is 2.26. The molecule has 2 N–H and O–H groups in total. The number of carboxylic acid groups (broad SMARTS) is 1. The van der Waals surface area contributed by atoms with Crippen LogP contribution in [-0.4, -0.2) is 22.1 Å². The van der Waals surface area contributed by atoms with Gasteiger partial charge >= 0.3 is 5.97 Å². The average Bonchev–Trinajstić information content (AvgIpc) is 2.82. The van der Waals surface area contributed by atoms with Crippen molar-refractivity contribution in [1.29, 1.82) is 0 Å². The smallest absolute Gasteiger partial charge is 0.330 e. The predicted octanol–water partition coefficient (Wildman–Crippen LogP) is 3.34. The third kappa shape index (κ3) is 4.47. The van der Waals surface area contributed by atoms with Crippen LogP contribution in [0.2, 0.25) is 0 Å². The van der Waals surface area contributed by atoms with Gasteiger partial charge in [0.05, 0.1) is 5.69 Å². The first-order chi connectivity index (χ1) is 11.7. The summed E-state index contributed by atoms with van der Waals surface area (Å²) < 4.78 is 5.14.